The van der Waals surface area contributed by atoms with E-state index in [-0.39, 0.29) is 0 Å². The highest BCUT2D eigenvalue weighted by Gasteiger charge is 2.54. The number of benzene rings is 2. The summed E-state index contributed by atoms with van der Waals surface area (Å²) in [5.74, 6) is 2.58. The molecular weight excluding hydrogens is 372 g/mol. The molecule has 0 spiro atoms. The van der Waals surface area contributed by atoms with Crippen molar-refractivity contribution in [1.29, 1.82) is 0 Å². The number of ether oxygens (including phenoxy) is 2. The first-order valence-corrected chi connectivity index (χ1v) is 10.5. The Hall–Kier alpha value is -2.18. The minimum Gasteiger partial charge on any atom is -0.497 e. The van der Waals surface area contributed by atoms with E-state index in [0.29, 0.717) is 6.54 Å². The molecule has 2 aromatic rings. The van der Waals surface area contributed by atoms with E-state index in [0.717, 1.165) is 52.2 Å². The molecule has 0 aromatic heterocycles. The minimum absolute atomic E-state index is 0.447. The summed E-state index contributed by atoms with van der Waals surface area (Å²) in [4.78, 5) is 2.17. The summed E-state index contributed by atoms with van der Waals surface area (Å²) < 4.78 is 13.2. The Kier molecular flexibility index (Phi) is 5.02. The van der Waals surface area contributed by atoms with Crippen molar-refractivity contribution in [2.75, 3.05) is 38.0 Å². The number of amidine groups is 1. The average Bonchev–Trinajstić information content (AvgIpc) is 3.01. The van der Waals surface area contributed by atoms with Crippen LogP contribution in [0, 0.1) is 13.8 Å². The van der Waals surface area contributed by atoms with E-state index >= 15 is 0 Å². The summed E-state index contributed by atoms with van der Waals surface area (Å²) in [5, 5.41) is 13.0. The first kappa shape index (κ1) is 19.2. The molecule has 0 saturated heterocycles. The lowest BCUT2D eigenvalue weighted by Crippen LogP contribution is -2.42. The Balaban J connectivity index is 1.85. The summed E-state index contributed by atoms with van der Waals surface area (Å²) in [6.07, 6.45) is 1.05. The lowest BCUT2D eigenvalue weighted by atomic mass is 9.95. The van der Waals surface area contributed by atoms with Gasteiger partial charge in [-0.15, -0.1) is 0 Å². The largest absolute Gasteiger partial charge is 0.497 e. The van der Waals surface area contributed by atoms with E-state index in [1.54, 1.807) is 26.0 Å². The van der Waals surface area contributed by atoms with E-state index in [4.69, 9.17) is 9.47 Å². The fourth-order valence-corrected chi connectivity index (χ4v) is 5.36. The van der Waals surface area contributed by atoms with Crippen molar-refractivity contribution >= 4 is 22.6 Å². The zero-order chi connectivity index (χ0) is 19.9. The van der Waals surface area contributed by atoms with Crippen molar-refractivity contribution < 1.29 is 19.2 Å². The molecule has 6 heteroatoms. The van der Waals surface area contributed by atoms with Gasteiger partial charge in [-0.3, -0.25) is 0 Å². The topological polar surface area (TPSA) is 44.9 Å². The first-order valence-electron chi connectivity index (χ1n) is 9.55. The summed E-state index contributed by atoms with van der Waals surface area (Å²) in [7, 11) is 3.34. The quantitative estimate of drug-likeness (QED) is 0.798. The van der Waals surface area contributed by atoms with Crippen molar-refractivity contribution in [2.24, 2.45) is 0 Å². The first-order chi connectivity index (χ1) is 13.5. The van der Waals surface area contributed by atoms with E-state index < -0.39 is 5.72 Å². The third-order valence-corrected chi connectivity index (χ3v) is 6.73. The highest BCUT2D eigenvalue weighted by atomic mass is 32.2. The van der Waals surface area contributed by atoms with Crippen LogP contribution in [0.1, 0.15) is 23.1 Å². The number of nitrogens with zero attached hydrogens (tertiary/aromatic N) is 2. The van der Waals surface area contributed by atoms with Gasteiger partial charge in [-0.25, -0.2) is 9.48 Å². The van der Waals surface area contributed by atoms with Gasteiger partial charge in [-0.05, 0) is 49.7 Å². The van der Waals surface area contributed by atoms with E-state index in [9.17, 15) is 5.11 Å². The van der Waals surface area contributed by atoms with Crippen molar-refractivity contribution in [3.05, 3.63) is 53.1 Å². The summed E-state index contributed by atoms with van der Waals surface area (Å²) in [6, 6.07) is 12.1. The fraction of sp³-hybridized carbons (Fsp3) is 0.409. The predicted molar refractivity (Wildman–Crippen MR) is 114 cm³/mol. The smallest absolute Gasteiger partial charge is 0.316 e. The molecule has 0 radical (unpaired) electrons. The lowest BCUT2D eigenvalue weighted by Gasteiger charge is -2.26. The molecule has 2 heterocycles. The highest BCUT2D eigenvalue weighted by Crippen LogP contribution is 2.42. The Morgan fingerprint density at radius 1 is 1.11 bits per heavy atom. The third kappa shape index (κ3) is 3.05. The fourth-order valence-electron chi connectivity index (χ4n) is 4.19. The van der Waals surface area contributed by atoms with Gasteiger partial charge in [0.05, 0.1) is 20.8 Å². The standard InChI is InChI=1S/C22H27N2O3S/c1-15-6-8-18(16(2)12-15)22(25)14-23(21-24(22)10-5-11-28-21)19-13-17(26-3)7-9-20(19)27-4/h6-9,12-13,25H,5,10-11,14H2,1-4H3/q+1. The Bertz CT molecular complexity index is 943. The van der Waals surface area contributed by atoms with E-state index in [1.165, 1.54) is 5.56 Å². The maximum Gasteiger partial charge on any atom is 0.316 e. The number of rotatable bonds is 4. The normalized spacial score (nSPS) is 21.7. The summed E-state index contributed by atoms with van der Waals surface area (Å²) in [6.45, 7) is 5.43. The highest BCUT2D eigenvalue weighted by molar-refractivity contribution is 8.13. The predicted octanol–water partition coefficient (Wildman–Crippen LogP) is 3.49. The lowest BCUT2D eigenvalue weighted by molar-refractivity contribution is -0.656. The molecule has 0 saturated carbocycles. The van der Waals surface area contributed by atoms with Gasteiger partial charge in [0.15, 0.2) is 18.0 Å². The maximum absolute atomic E-state index is 11.9. The second-order valence-electron chi connectivity index (χ2n) is 7.40. The van der Waals surface area contributed by atoms with Gasteiger partial charge in [-0.2, -0.15) is 0 Å². The van der Waals surface area contributed by atoms with E-state index in [2.05, 4.69) is 41.5 Å². The number of aryl methyl sites for hydroxylation is 2. The van der Waals surface area contributed by atoms with Crippen molar-refractivity contribution in [3.63, 3.8) is 0 Å². The molecule has 0 fully saturated rings. The Morgan fingerprint density at radius 3 is 2.64 bits per heavy atom. The molecule has 28 heavy (non-hydrogen) atoms. The van der Waals surface area contributed by atoms with Crippen LogP contribution in [0.2, 0.25) is 0 Å². The van der Waals surface area contributed by atoms with Crippen LogP contribution in [-0.2, 0) is 5.72 Å². The van der Waals surface area contributed by atoms with Gasteiger partial charge in [-0.1, -0.05) is 23.8 Å². The molecule has 148 valence electrons. The van der Waals surface area contributed by atoms with Crippen LogP contribution >= 0.6 is 11.8 Å². The Labute approximate surface area is 170 Å². The zero-order valence-electron chi connectivity index (χ0n) is 16.9. The molecule has 0 bridgehead atoms. The van der Waals surface area contributed by atoms with Crippen molar-refractivity contribution in [1.82, 2.24) is 0 Å². The van der Waals surface area contributed by atoms with Gasteiger partial charge in [0.2, 0.25) is 0 Å². The Morgan fingerprint density at radius 2 is 1.93 bits per heavy atom. The van der Waals surface area contributed by atoms with Crippen LogP contribution in [0.5, 0.6) is 11.5 Å². The molecule has 5 nitrogen and oxygen atoms in total. The number of anilines is 1. The molecule has 0 amide bonds. The van der Waals surface area contributed by atoms with Crippen LogP contribution in [0.4, 0.5) is 5.69 Å². The number of methoxy groups -OCH3 is 2. The SMILES string of the molecule is COc1ccc(OC)c(N2CC(O)(c3ccc(C)cc3C)[N+]3=C2SCCC3)c1. The average molecular weight is 400 g/mol. The van der Waals surface area contributed by atoms with Crippen molar-refractivity contribution in [3.8, 4) is 11.5 Å². The maximum atomic E-state index is 11.9. The monoisotopic (exact) mass is 399 g/mol. The third-order valence-electron chi connectivity index (χ3n) is 5.53. The number of thioether (sulfide) groups is 1. The molecule has 2 aromatic carbocycles. The van der Waals surface area contributed by atoms with Crippen molar-refractivity contribution in [2.45, 2.75) is 26.0 Å². The van der Waals surface area contributed by atoms with Gasteiger partial charge in [0, 0.05) is 17.4 Å². The molecular formula is C22H27N2O3S+. The van der Waals surface area contributed by atoms with Crippen LogP contribution in [0.15, 0.2) is 36.4 Å². The number of β-amino-alcohol motifs (C(OH)–C–C–N with tert-alkyl or cyclic N) is 1. The molecule has 1 N–H and O–H groups in total. The molecule has 0 aliphatic carbocycles. The second kappa shape index (κ2) is 7.33. The van der Waals surface area contributed by atoms with Gasteiger partial charge < -0.3 is 14.6 Å². The van der Waals surface area contributed by atoms with Gasteiger partial charge in [0.25, 0.3) is 5.72 Å². The molecule has 2 aliphatic rings. The van der Waals surface area contributed by atoms with Gasteiger partial charge >= 0.3 is 5.17 Å². The van der Waals surface area contributed by atoms with E-state index in [1.807, 2.05) is 18.2 Å². The van der Waals surface area contributed by atoms with Crippen LogP contribution < -0.4 is 14.4 Å². The number of aliphatic hydroxyl groups is 1. The van der Waals surface area contributed by atoms with Crippen LogP contribution in [0.25, 0.3) is 0 Å². The van der Waals surface area contributed by atoms with Gasteiger partial charge in [0.1, 0.15) is 5.75 Å². The molecule has 2 aliphatic heterocycles. The van der Waals surface area contributed by atoms with Crippen LogP contribution in [0.3, 0.4) is 0 Å². The summed E-state index contributed by atoms with van der Waals surface area (Å²) >= 11 is 1.79. The number of hydrogen-bond acceptors (Lipinski definition) is 5. The minimum atomic E-state index is -1.07. The molecule has 4 rings (SSSR count). The number of hydrogen-bond donors (Lipinski definition) is 1. The molecule has 1 unspecified atom stereocenters. The second-order valence-corrected chi connectivity index (χ2v) is 8.46. The summed E-state index contributed by atoms with van der Waals surface area (Å²) in [5.41, 5.74) is 3.11. The molecule has 1 atom stereocenters. The zero-order valence-corrected chi connectivity index (χ0v) is 17.7. The van der Waals surface area contributed by atoms with Crippen LogP contribution in [-0.4, -0.2) is 47.9 Å².